The van der Waals surface area contributed by atoms with Crippen LogP contribution in [0.1, 0.15) is 10.4 Å². The Morgan fingerprint density at radius 3 is 2.78 bits per heavy atom. The molecule has 0 amide bonds. The molecule has 1 aromatic rings. The van der Waals surface area contributed by atoms with Crippen LogP contribution in [0.3, 0.4) is 0 Å². The molecule has 2 heteroatoms. The fraction of sp³-hybridized carbons (Fsp3) is 0. The predicted octanol–water partition coefficient (Wildman–Crippen LogP) is 1.10. The summed E-state index contributed by atoms with van der Waals surface area (Å²) in [5, 5.41) is 0. The molecule has 0 N–H and O–H groups in total. The van der Waals surface area contributed by atoms with E-state index in [0.29, 0.717) is 5.56 Å². The normalized spacial score (nSPS) is 9.00. The van der Waals surface area contributed by atoms with E-state index in [1.807, 2.05) is 0 Å². The molecule has 45 valence electrons. The topological polar surface area (TPSA) is 30.0 Å². The maximum absolute atomic E-state index is 10.5. The van der Waals surface area contributed by atoms with E-state index in [4.69, 9.17) is 0 Å². The average molecular weight is 120 g/mol. The van der Waals surface area contributed by atoms with Gasteiger partial charge in [-0.15, -0.1) is 0 Å². The zero-order chi connectivity index (χ0) is 6.69. The van der Waals surface area contributed by atoms with Crippen molar-refractivity contribution in [3.8, 4) is 0 Å². The van der Waals surface area contributed by atoms with Crippen LogP contribution in [0.15, 0.2) is 24.5 Å². The van der Waals surface area contributed by atoms with Crippen LogP contribution in [-0.4, -0.2) is 10.8 Å². The molecule has 0 atom stereocenters. The number of hydrogen-bond acceptors (Lipinski definition) is 2. The van der Waals surface area contributed by atoms with E-state index in [9.17, 15) is 4.79 Å². The summed E-state index contributed by atoms with van der Waals surface area (Å²) in [6.07, 6.45) is 3.11. The highest BCUT2D eigenvalue weighted by atomic mass is 16.1. The first kappa shape index (κ1) is 5.95. The largest absolute Gasteiger partial charge is 0.294 e. The number of hydrogen-bond donors (Lipinski definition) is 0. The summed E-state index contributed by atoms with van der Waals surface area (Å²) in [4.78, 5) is 14.2. The quantitative estimate of drug-likeness (QED) is 0.519. The molecule has 9 heavy (non-hydrogen) atoms. The van der Waals surface area contributed by atoms with Gasteiger partial charge in [0.2, 0.25) is 0 Å². The van der Waals surface area contributed by atoms with Crippen molar-refractivity contribution in [1.29, 1.82) is 0 Å². The van der Waals surface area contributed by atoms with Crippen molar-refractivity contribution in [3.05, 3.63) is 37.0 Å². The van der Waals surface area contributed by atoms with Crippen LogP contribution in [0.2, 0.25) is 0 Å². The van der Waals surface area contributed by atoms with Crippen LogP contribution >= 0.6 is 0 Å². The molecule has 0 aromatic carbocycles. The molecule has 1 rings (SSSR count). The van der Waals surface area contributed by atoms with Gasteiger partial charge in [0.15, 0.2) is 5.78 Å². The van der Waals surface area contributed by atoms with Crippen LogP contribution in [0, 0.1) is 6.92 Å². The standard InChI is InChI=1S/C7H6NO/c1-6(9)7-3-2-4-8-5-7/h2-5H,1H2. The van der Waals surface area contributed by atoms with Gasteiger partial charge in [-0.3, -0.25) is 9.78 Å². The molecule has 1 radical (unpaired) electrons. The Morgan fingerprint density at radius 1 is 1.67 bits per heavy atom. The van der Waals surface area contributed by atoms with E-state index >= 15 is 0 Å². The first-order chi connectivity index (χ1) is 4.30. The zero-order valence-corrected chi connectivity index (χ0v) is 4.87. The first-order valence-electron chi connectivity index (χ1n) is 2.57. The summed E-state index contributed by atoms with van der Waals surface area (Å²) in [5.41, 5.74) is 0.553. The predicted molar refractivity (Wildman–Crippen MR) is 33.9 cm³/mol. The second kappa shape index (κ2) is 2.40. The Balaban J connectivity index is 2.98. The Morgan fingerprint density at radius 2 is 2.44 bits per heavy atom. The second-order valence-electron chi connectivity index (χ2n) is 1.66. The Hall–Kier alpha value is -1.18. The van der Waals surface area contributed by atoms with Crippen LogP contribution in [0.4, 0.5) is 0 Å². The zero-order valence-electron chi connectivity index (χ0n) is 4.87. The maximum Gasteiger partial charge on any atom is 0.164 e. The monoisotopic (exact) mass is 120 g/mol. The van der Waals surface area contributed by atoms with E-state index in [1.165, 1.54) is 6.20 Å². The lowest BCUT2D eigenvalue weighted by molar-refractivity contribution is 0.104. The van der Waals surface area contributed by atoms with Gasteiger partial charge in [0.05, 0.1) is 0 Å². The highest BCUT2D eigenvalue weighted by molar-refractivity contribution is 5.98. The second-order valence-corrected chi connectivity index (χ2v) is 1.66. The number of ketones is 1. The van der Waals surface area contributed by atoms with E-state index in [1.54, 1.807) is 18.3 Å². The summed E-state index contributed by atoms with van der Waals surface area (Å²) in [6, 6.07) is 3.39. The van der Waals surface area contributed by atoms with Crippen LogP contribution in [0.25, 0.3) is 0 Å². The molecule has 0 aliphatic rings. The molecule has 0 aliphatic carbocycles. The molecular weight excluding hydrogens is 114 g/mol. The Labute approximate surface area is 53.5 Å². The third kappa shape index (κ3) is 1.35. The van der Waals surface area contributed by atoms with Crippen molar-refractivity contribution >= 4 is 5.78 Å². The summed E-state index contributed by atoms with van der Waals surface area (Å²) >= 11 is 0. The lowest BCUT2D eigenvalue weighted by Crippen LogP contribution is -1.90. The molecule has 1 heterocycles. The van der Waals surface area contributed by atoms with E-state index in [-0.39, 0.29) is 5.78 Å². The molecular formula is C7H6NO. The number of Topliss-reactive ketones (excluding diaryl/α,β-unsaturated/α-hetero) is 1. The summed E-state index contributed by atoms with van der Waals surface area (Å²) in [6.45, 7) is 3.23. The van der Waals surface area contributed by atoms with Crippen LogP contribution in [-0.2, 0) is 0 Å². The molecule has 0 spiro atoms. The molecule has 0 fully saturated rings. The van der Waals surface area contributed by atoms with Crippen LogP contribution in [0.5, 0.6) is 0 Å². The lowest BCUT2D eigenvalue weighted by atomic mass is 10.2. The first-order valence-corrected chi connectivity index (χ1v) is 2.57. The molecule has 0 saturated carbocycles. The van der Waals surface area contributed by atoms with Gasteiger partial charge in [0.1, 0.15) is 0 Å². The van der Waals surface area contributed by atoms with Crippen molar-refractivity contribution < 1.29 is 4.79 Å². The Kier molecular flexibility index (Phi) is 1.58. The van der Waals surface area contributed by atoms with Gasteiger partial charge >= 0.3 is 0 Å². The lowest BCUT2D eigenvalue weighted by Gasteiger charge is -1.88. The number of nitrogens with zero attached hydrogens (tertiary/aromatic N) is 1. The fourth-order valence-electron chi connectivity index (χ4n) is 0.528. The number of rotatable bonds is 1. The van der Waals surface area contributed by atoms with E-state index in [2.05, 4.69) is 11.9 Å². The minimum Gasteiger partial charge on any atom is -0.294 e. The van der Waals surface area contributed by atoms with Crippen molar-refractivity contribution in [1.82, 2.24) is 4.98 Å². The molecule has 0 bridgehead atoms. The number of carbonyl (C=O) groups is 1. The summed E-state index contributed by atoms with van der Waals surface area (Å²) in [5.74, 6) is -0.192. The molecule has 0 unspecified atom stereocenters. The minimum absolute atomic E-state index is 0.192. The van der Waals surface area contributed by atoms with Gasteiger partial charge in [0.25, 0.3) is 0 Å². The number of pyridine rings is 1. The number of aromatic nitrogens is 1. The van der Waals surface area contributed by atoms with Gasteiger partial charge in [-0.2, -0.15) is 0 Å². The third-order valence-corrected chi connectivity index (χ3v) is 0.984. The highest BCUT2D eigenvalue weighted by Crippen LogP contribution is 1.94. The smallest absolute Gasteiger partial charge is 0.164 e. The van der Waals surface area contributed by atoms with Gasteiger partial charge in [0, 0.05) is 24.9 Å². The van der Waals surface area contributed by atoms with Crippen molar-refractivity contribution in [3.63, 3.8) is 0 Å². The summed E-state index contributed by atoms with van der Waals surface area (Å²) in [7, 11) is 0. The van der Waals surface area contributed by atoms with Crippen molar-refractivity contribution in [2.75, 3.05) is 0 Å². The van der Waals surface area contributed by atoms with E-state index < -0.39 is 0 Å². The number of carbonyl (C=O) groups excluding carboxylic acids is 1. The van der Waals surface area contributed by atoms with Gasteiger partial charge in [-0.1, -0.05) is 0 Å². The molecule has 2 nitrogen and oxygen atoms in total. The molecule has 0 saturated heterocycles. The van der Waals surface area contributed by atoms with Crippen molar-refractivity contribution in [2.45, 2.75) is 0 Å². The third-order valence-electron chi connectivity index (χ3n) is 0.984. The fourth-order valence-corrected chi connectivity index (χ4v) is 0.528. The van der Waals surface area contributed by atoms with Gasteiger partial charge in [-0.25, -0.2) is 0 Å². The Bertz CT molecular complexity index is 205. The van der Waals surface area contributed by atoms with Crippen molar-refractivity contribution in [2.24, 2.45) is 0 Å². The van der Waals surface area contributed by atoms with Gasteiger partial charge < -0.3 is 0 Å². The molecule has 0 aliphatic heterocycles. The maximum atomic E-state index is 10.5. The SMILES string of the molecule is [CH2]C(=O)c1cccnc1. The van der Waals surface area contributed by atoms with Gasteiger partial charge in [-0.05, 0) is 12.1 Å². The average Bonchev–Trinajstić information content (AvgIpc) is 1.90. The summed E-state index contributed by atoms with van der Waals surface area (Å²) < 4.78 is 0. The van der Waals surface area contributed by atoms with E-state index in [0.717, 1.165) is 0 Å². The van der Waals surface area contributed by atoms with Crippen LogP contribution < -0.4 is 0 Å². The molecule has 1 aromatic heterocycles. The highest BCUT2D eigenvalue weighted by Gasteiger charge is 1.94. The minimum atomic E-state index is -0.192.